The highest BCUT2D eigenvalue weighted by atomic mass is 16.2. The van der Waals surface area contributed by atoms with E-state index in [0.717, 1.165) is 11.0 Å². The smallest absolute Gasteiger partial charge is 0.332 e. The van der Waals surface area contributed by atoms with Crippen LogP contribution in [0.1, 0.15) is 17.5 Å². The van der Waals surface area contributed by atoms with Crippen LogP contribution in [-0.2, 0) is 30.1 Å². The average Bonchev–Trinajstić information content (AvgIpc) is 3.19. The van der Waals surface area contributed by atoms with Crippen LogP contribution in [-0.4, -0.2) is 70.0 Å². The fraction of sp³-hybridized carbons (Fsp3) is 0.500. The second kappa shape index (κ2) is 9.25. The molecule has 0 spiro atoms. The zero-order chi connectivity index (χ0) is 23.7. The van der Waals surface area contributed by atoms with Gasteiger partial charge >= 0.3 is 5.69 Å². The molecule has 33 heavy (non-hydrogen) atoms. The summed E-state index contributed by atoms with van der Waals surface area (Å²) in [4.78, 5) is 55.4. The van der Waals surface area contributed by atoms with Gasteiger partial charge in [-0.3, -0.25) is 23.5 Å². The van der Waals surface area contributed by atoms with Crippen LogP contribution in [0.15, 0.2) is 39.9 Å². The van der Waals surface area contributed by atoms with Gasteiger partial charge in [0.15, 0.2) is 0 Å². The van der Waals surface area contributed by atoms with E-state index in [-0.39, 0.29) is 35.4 Å². The van der Waals surface area contributed by atoms with E-state index in [1.807, 2.05) is 11.8 Å². The van der Waals surface area contributed by atoms with Crippen LogP contribution in [0, 0.1) is 12.8 Å². The summed E-state index contributed by atoms with van der Waals surface area (Å²) in [5, 5.41) is 0. The van der Waals surface area contributed by atoms with E-state index in [9.17, 15) is 19.2 Å². The number of anilines is 1. The van der Waals surface area contributed by atoms with Gasteiger partial charge in [-0.15, -0.1) is 0 Å². The molecule has 2 fully saturated rings. The van der Waals surface area contributed by atoms with Crippen LogP contribution in [0.3, 0.4) is 0 Å². The summed E-state index contributed by atoms with van der Waals surface area (Å²) in [5.74, 6) is 0.303. The molecule has 1 aromatic carbocycles. The van der Waals surface area contributed by atoms with Crippen molar-refractivity contribution < 1.29 is 9.59 Å². The van der Waals surface area contributed by atoms with Crippen molar-refractivity contribution in [3.05, 3.63) is 62.3 Å². The molecule has 1 unspecified atom stereocenters. The van der Waals surface area contributed by atoms with Gasteiger partial charge in [-0.25, -0.2) is 4.79 Å². The molecule has 0 bridgehead atoms. The summed E-state index contributed by atoms with van der Waals surface area (Å²) in [5.41, 5.74) is 1.68. The number of carbonyl (C=O) groups is 2. The molecule has 2 amide bonds. The van der Waals surface area contributed by atoms with E-state index in [1.165, 1.54) is 28.8 Å². The van der Waals surface area contributed by atoms with Crippen LogP contribution in [0.2, 0.25) is 0 Å². The van der Waals surface area contributed by atoms with E-state index < -0.39 is 0 Å². The predicted molar refractivity (Wildman–Crippen MR) is 125 cm³/mol. The molecule has 0 N–H and O–H groups in total. The molecule has 1 aromatic heterocycles. The zero-order valence-corrected chi connectivity index (χ0v) is 19.5. The lowest BCUT2D eigenvalue weighted by molar-refractivity contribution is -0.136. The van der Waals surface area contributed by atoms with Crippen LogP contribution < -0.4 is 16.1 Å². The van der Waals surface area contributed by atoms with Gasteiger partial charge in [-0.1, -0.05) is 29.8 Å². The SMILES string of the molecule is Cc1ccc(CCN2CC(C(=O)N3CCN(c4cc(=O)n(C)c(=O)n4C)CC3)CC2=O)cc1. The highest BCUT2D eigenvalue weighted by molar-refractivity contribution is 5.89. The number of hydrogen-bond acceptors (Lipinski definition) is 5. The predicted octanol–water partition coefficient (Wildman–Crippen LogP) is 0.132. The average molecular weight is 454 g/mol. The normalized spacial score (nSPS) is 18.8. The third-order valence-corrected chi connectivity index (χ3v) is 6.77. The fourth-order valence-corrected chi connectivity index (χ4v) is 4.61. The molecule has 1 atom stereocenters. The Morgan fingerprint density at radius 2 is 1.64 bits per heavy atom. The van der Waals surface area contributed by atoms with Crippen LogP contribution >= 0.6 is 0 Å². The van der Waals surface area contributed by atoms with Gasteiger partial charge in [0.2, 0.25) is 11.8 Å². The zero-order valence-electron chi connectivity index (χ0n) is 19.5. The number of piperazine rings is 1. The van der Waals surface area contributed by atoms with E-state index in [1.54, 1.807) is 16.8 Å². The monoisotopic (exact) mass is 453 g/mol. The largest absolute Gasteiger partial charge is 0.354 e. The molecule has 2 saturated heterocycles. The van der Waals surface area contributed by atoms with Crippen LogP contribution in [0.25, 0.3) is 0 Å². The molecule has 9 heteroatoms. The quantitative estimate of drug-likeness (QED) is 0.642. The highest BCUT2D eigenvalue weighted by Gasteiger charge is 2.37. The van der Waals surface area contributed by atoms with Gasteiger partial charge in [0.05, 0.1) is 5.92 Å². The van der Waals surface area contributed by atoms with Crippen molar-refractivity contribution >= 4 is 17.6 Å². The Kier molecular flexibility index (Phi) is 6.40. The molecule has 2 aliphatic heterocycles. The Morgan fingerprint density at radius 1 is 0.970 bits per heavy atom. The van der Waals surface area contributed by atoms with Crippen LogP contribution in [0.5, 0.6) is 0 Å². The summed E-state index contributed by atoms with van der Waals surface area (Å²) in [6, 6.07) is 9.75. The maximum absolute atomic E-state index is 13.1. The van der Waals surface area contributed by atoms with Gasteiger partial charge in [-0.2, -0.15) is 0 Å². The molecule has 4 rings (SSSR count). The Hall–Kier alpha value is -3.36. The lowest BCUT2D eigenvalue weighted by atomic mass is 10.1. The lowest BCUT2D eigenvalue weighted by Gasteiger charge is -2.37. The van der Waals surface area contributed by atoms with E-state index >= 15 is 0 Å². The summed E-state index contributed by atoms with van der Waals surface area (Å²) >= 11 is 0. The molecule has 0 aliphatic carbocycles. The van der Waals surface area contributed by atoms with Gasteiger partial charge in [0.1, 0.15) is 5.82 Å². The number of amides is 2. The molecule has 176 valence electrons. The number of aryl methyl sites for hydroxylation is 1. The van der Waals surface area contributed by atoms with E-state index in [2.05, 4.69) is 24.3 Å². The number of rotatable bonds is 5. The first-order valence-electron chi connectivity index (χ1n) is 11.4. The number of benzene rings is 1. The molecule has 9 nitrogen and oxygen atoms in total. The molecule has 0 radical (unpaired) electrons. The van der Waals surface area contributed by atoms with Crippen molar-refractivity contribution in [3.8, 4) is 0 Å². The molecule has 2 aliphatic rings. The van der Waals surface area contributed by atoms with Crippen molar-refractivity contribution in [3.63, 3.8) is 0 Å². The first-order chi connectivity index (χ1) is 15.7. The summed E-state index contributed by atoms with van der Waals surface area (Å²) in [7, 11) is 3.10. The second-order valence-electron chi connectivity index (χ2n) is 9.03. The first-order valence-corrected chi connectivity index (χ1v) is 11.4. The Bertz CT molecular complexity index is 1160. The van der Waals surface area contributed by atoms with Crippen molar-refractivity contribution in [1.82, 2.24) is 18.9 Å². The van der Waals surface area contributed by atoms with Crippen molar-refractivity contribution in [2.45, 2.75) is 19.8 Å². The van der Waals surface area contributed by atoms with Gasteiger partial charge in [0.25, 0.3) is 5.56 Å². The van der Waals surface area contributed by atoms with Crippen LogP contribution in [0.4, 0.5) is 5.82 Å². The van der Waals surface area contributed by atoms with Crippen molar-refractivity contribution in [2.24, 2.45) is 20.0 Å². The standard InChI is InChI=1S/C24H31N5O4/c1-17-4-6-18(7-5-17)8-9-29-16-19(14-22(29)31)23(32)28-12-10-27(11-13-28)20-15-21(30)26(3)24(33)25(20)2/h4-7,15,19H,8-14,16H2,1-3H3. The van der Waals surface area contributed by atoms with Gasteiger partial charge in [0, 0.05) is 65.9 Å². The van der Waals surface area contributed by atoms with Crippen molar-refractivity contribution in [2.75, 3.05) is 44.2 Å². The fourth-order valence-electron chi connectivity index (χ4n) is 4.61. The third-order valence-electron chi connectivity index (χ3n) is 6.77. The molecular weight excluding hydrogens is 422 g/mol. The summed E-state index contributed by atoms with van der Waals surface area (Å²) in [6.45, 7) is 5.19. The van der Waals surface area contributed by atoms with E-state index in [4.69, 9.17) is 0 Å². The van der Waals surface area contributed by atoms with Gasteiger partial charge in [-0.05, 0) is 18.9 Å². The number of nitrogens with zero attached hydrogens (tertiary/aromatic N) is 5. The van der Waals surface area contributed by atoms with Crippen molar-refractivity contribution in [1.29, 1.82) is 0 Å². The second-order valence-corrected chi connectivity index (χ2v) is 9.03. The van der Waals surface area contributed by atoms with E-state index in [0.29, 0.717) is 45.1 Å². The topological polar surface area (TPSA) is 87.9 Å². The van der Waals surface area contributed by atoms with Gasteiger partial charge < -0.3 is 14.7 Å². The number of carbonyl (C=O) groups excluding carboxylic acids is 2. The Labute approximate surface area is 192 Å². The highest BCUT2D eigenvalue weighted by Crippen LogP contribution is 2.22. The molecule has 0 saturated carbocycles. The maximum Gasteiger partial charge on any atom is 0.332 e. The minimum absolute atomic E-state index is 0.0127. The maximum atomic E-state index is 13.1. The lowest BCUT2D eigenvalue weighted by Crippen LogP contribution is -2.52. The first kappa shape index (κ1) is 22.8. The minimum Gasteiger partial charge on any atom is -0.354 e. The number of likely N-dealkylation sites (tertiary alicyclic amines) is 1. The number of aromatic nitrogens is 2. The molecular formula is C24H31N5O4. The number of hydrogen-bond donors (Lipinski definition) is 0. The minimum atomic E-state index is -0.369. The summed E-state index contributed by atoms with van der Waals surface area (Å²) < 4.78 is 2.53. The summed E-state index contributed by atoms with van der Waals surface area (Å²) in [6.07, 6.45) is 1.04. The Balaban J connectivity index is 1.33. The molecule has 3 heterocycles. The third kappa shape index (κ3) is 4.72. The Morgan fingerprint density at radius 3 is 2.30 bits per heavy atom. The molecule has 2 aromatic rings.